The second-order valence-electron chi connectivity index (χ2n) is 3.57. The maximum absolute atomic E-state index is 10.6. The molecular formula is C11H13N3O2. The monoisotopic (exact) mass is 219 g/mol. The van der Waals surface area contributed by atoms with Crippen molar-refractivity contribution in [2.75, 3.05) is 5.32 Å². The minimum absolute atomic E-state index is 0.0233. The normalized spacial score (nSPS) is 11.6. The Labute approximate surface area is 94.0 Å². The van der Waals surface area contributed by atoms with Gasteiger partial charge in [-0.3, -0.25) is 10.1 Å². The average molecular weight is 219 g/mol. The zero-order valence-corrected chi connectivity index (χ0v) is 9.23. The van der Waals surface area contributed by atoms with E-state index in [1.54, 1.807) is 13.0 Å². The lowest BCUT2D eigenvalue weighted by Crippen LogP contribution is -2.15. The Balaban J connectivity index is 2.82. The van der Waals surface area contributed by atoms with E-state index in [4.69, 9.17) is 6.42 Å². The Morgan fingerprint density at radius 2 is 2.44 bits per heavy atom. The lowest BCUT2D eigenvalue weighted by Gasteiger charge is -2.11. The molecule has 84 valence electrons. The number of rotatable bonds is 4. The fraction of sp³-hybridized carbons (Fsp3) is 0.364. The van der Waals surface area contributed by atoms with Crippen LogP contribution in [0.5, 0.6) is 0 Å². The van der Waals surface area contributed by atoms with Crippen molar-refractivity contribution in [2.24, 2.45) is 0 Å². The van der Waals surface area contributed by atoms with E-state index in [1.807, 2.05) is 6.92 Å². The minimum atomic E-state index is -0.447. The number of nitrogens with one attached hydrogen (secondary N) is 1. The van der Waals surface area contributed by atoms with E-state index in [0.29, 0.717) is 17.8 Å². The molecule has 1 atom stereocenters. The zero-order chi connectivity index (χ0) is 12.1. The van der Waals surface area contributed by atoms with Crippen molar-refractivity contribution >= 4 is 11.5 Å². The molecule has 0 aliphatic heterocycles. The van der Waals surface area contributed by atoms with Crippen molar-refractivity contribution < 1.29 is 4.92 Å². The summed E-state index contributed by atoms with van der Waals surface area (Å²) in [5, 5.41) is 13.6. The van der Waals surface area contributed by atoms with E-state index in [0.717, 1.165) is 0 Å². The standard InChI is InChI=1S/C11H13N3O2/c1-4-5-9(3)13-11-6-8(2)10(7-12-11)14(15)16/h1,6-7,9H,5H2,2-3H3,(H,12,13). The van der Waals surface area contributed by atoms with E-state index in [-0.39, 0.29) is 11.7 Å². The van der Waals surface area contributed by atoms with Crippen LogP contribution in [0.4, 0.5) is 11.5 Å². The molecule has 0 saturated heterocycles. The number of hydrogen-bond acceptors (Lipinski definition) is 4. The molecule has 0 saturated carbocycles. The fourth-order valence-electron chi connectivity index (χ4n) is 1.30. The quantitative estimate of drug-likeness (QED) is 0.478. The van der Waals surface area contributed by atoms with Crippen LogP contribution in [0, 0.1) is 29.4 Å². The van der Waals surface area contributed by atoms with Crippen molar-refractivity contribution in [3.05, 3.63) is 27.9 Å². The number of hydrogen-bond donors (Lipinski definition) is 1. The topological polar surface area (TPSA) is 68.1 Å². The van der Waals surface area contributed by atoms with E-state index < -0.39 is 4.92 Å². The first kappa shape index (κ1) is 12.0. The van der Waals surface area contributed by atoms with Crippen LogP contribution in [-0.4, -0.2) is 15.9 Å². The molecular weight excluding hydrogens is 206 g/mol. The Hall–Kier alpha value is -2.09. The first-order valence-corrected chi connectivity index (χ1v) is 4.85. The van der Waals surface area contributed by atoms with Crippen molar-refractivity contribution in [2.45, 2.75) is 26.3 Å². The molecule has 16 heavy (non-hydrogen) atoms. The summed E-state index contributed by atoms with van der Waals surface area (Å²) in [7, 11) is 0. The van der Waals surface area contributed by atoms with Gasteiger partial charge in [-0.15, -0.1) is 12.3 Å². The third kappa shape index (κ3) is 2.95. The third-order valence-corrected chi connectivity index (χ3v) is 2.10. The second kappa shape index (κ2) is 5.12. The van der Waals surface area contributed by atoms with Gasteiger partial charge in [0.25, 0.3) is 5.69 Å². The molecule has 1 aromatic heterocycles. The molecule has 1 heterocycles. The van der Waals surface area contributed by atoms with Crippen molar-refractivity contribution in [3.8, 4) is 12.3 Å². The van der Waals surface area contributed by atoms with Crippen LogP contribution in [0.15, 0.2) is 12.3 Å². The van der Waals surface area contributed by atoms with Crippen LogP contribution in [0.25, 0.3) is 0 Å². The Morgan fingerprint density at radius 1 is 1.75 bits per heavy atom. The largest absolute Gasteiger partial charge is 0.367 e. The second-order valence-corrected chi connectivity index (χ2v) is 3.57. The molecule has 0 aromatic carbocycles. The average Bonchev–Trinajstić information content (AvgIpc) is 2.17. The summed E-state index contributed by atoms with van der Waals surface area (Å²) in [4.78, 5) is 14.1. The number of nitrogens with zero attached hydrogens (tertiary/aromatic N) is 2. The van der Waals surface area contributed by atoms with Gasteiger partial charge in [-0.05, 0) is 19.9 Å². The predicted molar refractivity (Wildman–Crippen MR) is 62.2 cm³/mol. The SMILES string of the molecule is C#CCC(C)Nc1cc(C)c([N+](=O)[O-])cn1. The zero-order valence-electron chi connectivity index (χ0n) is 9.23. The van der Waals surface area contributed by atoms with Gasteiger partial charge in [0.1, 0.15) is 12.0 Å². The van der Waals surface area contributed by atoms with E-state index in [9.17, 15) is 10.1 Å². The van der Waals surface area contributed by atoms with Gasteiger partial charge < -0.3 is 5.32 Å². The Bertz CT molecular complexity index is 437. The van der Waals surface area contributed by atoms with Crippen LogP contribution < -0.4 is 5.32 Å². The Morgan fingerprint density at radius 3 is 2.94 bits per heavy atom. The summed E-state index contributed by atoms with van der Waals surface area (Å²) < 4.78 is 0. The number of aryl methyl sites for hydroxylation is 1. The van der Waals surface area contributed by atoms with Gasteiger partial charge in [0, 0.05) is 18.0 Å². The van der Waals surface area contributed by atoms with Gasteiger partial charge in [0.2, 0.25) is 0 Å². The van der Waals surface area contributed by atoms with E-state index >= 15 is 0 Å². The minimum Gasteiger partial charge on any atom is -0.367 e. The summed E-state index contributed by atoms with van der Waals surface area (Å²) in [6, 6.07) is 1.74. The van der Waals surface area contributed by atoms with Crippen molar-refractivity contribution in [1.82, 2.24) is 4.98 Å². The lowest BCUT2D eigenvalue weighted by molar-refractivity contribution is -0.385. The van der Waals surface area contributed by atoms with Crippen LogP contribution in [-0.2, 0) is 0 Å². The van der Waals surface area contributed by atoms with Crippen molar-refractivity contribution in [1.29, 1.82) is 0 Å². The van der Waals surface area contributed by atoms with Crippen molar-refractivity contribution in [3.63, 3.8) is 0 Å². The smallest absolute Gasteiger partial charge is 0.290 e. The molecule has 1 N–H and O–H groups in total. The van der Waals surface area contributed by atoms with E-state index in [2.05, 4.69) is 16.2 Å². The van der Waals surface area contributed by atoms with Crippen LogP contribution in [0.3, 0.4) is 0 Å². The van der Waals surface area contributed by atoms with Crippen LogP contribution in [0.1, 0.15) is 18.9 Å². The first-order valence-electron chi connectivity index (χ1n) is 4.85. The summed E-state index contributed by atoms with van der Waals surface area (Å²) in [6.07, 6.45) is 7.01. The highest BCUT2D eigenvalue weighted by molar-refractivity contribution is 5.47. The van der Waals surface area contributed by atoms with Gasteiger partial charge in [0.15, 0.2) is 0 Å². The highest BCUT2D eigenvalue weighted by Gasteiger charge is 2.11. The lowest BCUT2D eigenvalue weighted by atomic mass is 10.2. The molecule has 0 aliphatic rings. The number of anilines is 1. The van der Waals surface area contributed by atoms with Gasteiger partial charge in [-0.2, -0.15) is 0 Å². The highest BCUT2D eigenvalue weighted by Crippen LogP contribution is 2.19. The third-order valence-electron chi connectivity index (χ3n) is 2.10. The number of nitro groups is 1. The summed E-state index contributed by atoms with van der Waals surface area (Å²) >= 11 is 0. The molecule has 5 nitrogen and oxygen atoms in total. The van der Waals surface area contributed by atoms with Gasteiger partial charge in [-0.25, -0.2) is 4.98 Å². The van der Waals surface area contributed by atoms with Crippen LogP contribution >= 0.6 is 0 Å². The molecule has 1 unspecified atom stereocenters. The highest BCUT2D eigenvalue weighted by atomic mass is 16.6. The molecule has 0 aliphatic carbocycles. The summed E-state index contributed by atoms with van der Waals surface area (Å²) in [6.45, 7) is 3.61. The molecule has 0 amide bonds. The van der Waals surface area contributed by atoms with Gasteiger partial charge in [0.05, 0.1) is 4.92 Å². The summed E-state index contributed by atoms with van der Waals surface area (Å²) in [5.74, 6) is 3.14. The fourth-order valence-corrected chi connectivity index (χ4v) is 1.30. The molecule has 1 rings (SSSR count). The Kier molecular flexibility index (Phi) is 3.84. The number of pyridine rings is 1. The maximum atomic E-state index is 10.6. The molecule has 0 bridgehead atoms. The molecule has 0 radical (unpaired) electrons. The first-order chi connectivity index (χ1) is 7.54. The summed E-state index contributed by atoms with van der Waals surface area (Å²) in [5.41, 5.74) is 0.602. The molecule has 0 fully saturated rings. The van der Waals surface area contributed by atoms with Gasteiger partial charge >= 0.3 is 0 Å². The maximum Gasteiger partial charge on any atom is 0.290 e. The number of aromatic nitrogens is 1. The number of terminal acetylenes is 1. The molecule has 0 spiro atoms. The van der Waals surface area contributed by atoms with E-state index in [1.165, 1.54) is 6.20 Å². The van der Waals surface area contributed by atoms with Crippen LogP contribution in [0.2, 0.25) is 0 Å². The van der Waals surface area contributed by atoms with Gasteiger partial charge in [-0.1, -0.05) is 0 Å². The predicted octanol–water partition coefficient (Wildman–Crippen LogP) is 2.12. The molecule has 1 aromatic rings. The molecule has 5 heteroatoms.